The second kappa shape index (κ2) is 15.0. The van der Waals surface area contributed by atoms with E-state index in [1.165, 1.54) is 6.92 Å². The molecule has 1 N–H and O–H groups in total. The van der Waals surface area contributed by atoms with Crippen molar-refractivity contribution in [2.75, 3.05) is 13.3 Å². The highest BCUT2D eigenvalue weighted by atomic mass is 31.1. The van der Waals surface area contributed by atoms with Gasteiger partial charge >= 0.3 is 0 Å². The molecule has 0 aliphatic carbocycles. The molecule has 0 atom stereocenters. The van der Waals surface area contributed by atoms with Crippen molar-refractivity contribution in [2.24, 2.45) is 0 Å². The lowest BCUT2D eigenvalue weighted by Gasteiger charge is -1.99. The summed E-state index contributed by atoms with van der Waals surface area (Å²) in [7, 11) is 1.08. The number of rotatable bonds is 6. The number of aliphatic hydroxyl groups excluding tert-OH is 1. The van der Waals surface area contributed by atoms with Crippen LogP contribution in [0, 0.1) is 0 Å². The van der Waals surface area contributed by atoms with Crippen molar-refractivity contribution < 1.29 is 19.5 Å². The molecule has 0 radical (unpaired) electrons. The number of hydrogen-bond acceptors (Lipinski definition) is 4. The molecule has 0 unspecified atom stereocenters. The van der Waals surface area contributed by atoms with Gasteiger partial charge in [0.25, 0.3) is 0 Å². The van der Waals surface area contributed by atoms with Crippen molar-refractivity contribution in [3.8, 4) is 0 Å². The van der Waals surface area contributed by atoms with Crippen molar-refractivity contribution in [2.45, 2.75) is 33.3 Å². The van der Waals surface area contributed by atoms with Gasteiger partial charge in [-0.2, -0.15) is 0 Å². The summed E-state index contributed by atoms with van der Waals surface area (Å²) in [5, 5.41) is 8.81. The third kappa shape index (κ3) is 12.8. The monoisotopic (exact) mass is 388 g/mol. The van der Waals surface area contributed by atoms with Crippen LogP contribution in [0.2, 0.25) is 0 Å². The maximum Gasteiger partial charge on any atom is 0.150 e. The SMILES string of the molecule is CC(=O)Cc1cccc(C=O)c1.CC(=O)Cc1cccc(CO)c1.CPC. The molecule has 0 amide bonds. The van der Waals surface area contributed by atoms with Crippen LogP contribution in [0.15, 0.2) is 48.5 Å². The first kappa shape index (κ1) is 24.8. The molecule has 0 saturated heterocycles. The van der Waals surface area contributed by atoms with E-state index >= 15 is 0 Å². The normalized spacial score (nSPS) is 9.22. The molecule has 4 nitrogen and oxygen atoms in total. The van der Waals surface area contributed by atoms with Crippen LogP contribution in [0.4, 0.5) is 0 Å². The minimum Gasteiger partial charge on any atom is -0.392 e. The maximum absolute atomic E-state index is 10.8. The molecule has 0 fully saturated rings. The van der Waals surface area contributed by atoms with Crippen molar-refractivity contribution in [1.82, 2.24) is 0 Å². The summed E-state index contributed by atoms with van der Waals surface area (Å²) < 4.78 is 0. The number of benzene rings is 2. The highest BCUT2D eigenvalue weighted by Crippen LogP contribution is 2.06. The fraction of sp³-hybridized carbons (Fsp3) is 0.318. The number of aliphatic hydroxyl groups is 1. The Morgan fingerprint density at radius 3 is 1.78 bits per heavy atom. The number of carbonyl (C=O) groups is 3. The largest absolute Gasteiger partial charge is 0.392 e. The molecule has 0 spiro atoms. The average Bonchev–Trinajstić information content (AvgIpc) is 2.62. The smallest absolute Gasteiger partial charge is 0.150 e. The molecule has 0 bridgehead atoms. The van der Waals surface area contributed by atoms with Crippen molar-refractivity contribution >= 4 is 26.4 Å². The summed E-state index contributed by atoms with van der Waals surface area (Å²) in [6.07, 6.45) is 1.64. The Labute approximate surface area is 163 Å². The molecule has 2 rings (SSSR count). The Morgan fingerprint density at radius 1 is 0.889 bits per heavy atom. The Kier molecular flexibility index (Phi) is 13.8. The van der Waals surface area contributed by atoms with Crippen molar-refractivity contribution in [3.63, 3.8) is 0 Å². The quantitative estimate of drug-likeness (QED) is 0.602. The molecule has 0 aliphatic heterocycles. The maximum atomic E-state index is 10.8. The molecule has 0 aliphatic rings. The number of hydrogen-bond donors (Lipinski definition) is 1. The zero-order valence-electron chi connectivity index (χ0n) is 16.5. The van der Waals surface area contributed by atoms with Crippen LogP contribution in [-0.4, -0.2) is 36.3 Å². The van der Waals surface area contributed by atoms with Crippen LogP contribution >= 0.6 is 8.58 Å². The first-order valence-electron chi connectivity index (χ1n) is 8.66. The molecule has 0 heterocycles. The average molecular weight is 388 g/mol. The van der Waals surface area contributed by atoms with E-state index in [2.05, 4.69) is 13.3 Å². The highest BCUT2D eigenvalue weighted by molar-refractivity contribution is 7.35. The van der Waals surface area contributed by atoms with Crippen LogP contribution in [0.25, 0.3) is 0 Å². The Balaban J connectivity index is 0.000000438. The van der Waals surface area contributed by atoms with Crippen LogP contribution in [-0.2, 0) is 29.0 Å². The zero-order chi connectivity index (χ0) is 20.7. The third-order valence-electron chi connectivity index (χ3n) is 3.17. The van der Waals surface area contributed by atoms with Crippen molar-refractivity contribution in [3.05, 3.63) is 70.8 Å². The van der Waals surface area contributed by atoms with Crippen LogP contribution in [0.1, 0.15) is 40.9 Å². The highest BCUT2D eigenvalue weighted by Gasteiger charge is 1.98. The Morgan fingerprint density at radius 2 is 1.33 bits per heavy atom. The second-order valence-corrected chi connectivity index (χ2v) is 7.10. The fourth-order valence-corrected chi connectivity index (χ4v) is 2.19. The lowest BCUT2D eigenvalue weighted by Crippen LogP contribution is -1.96. The molecular weight excluding hydrogens is 359 g/mol. The predicted molar refractivity (Wildman–Crippen MR) is 113 cm³/mol. The van der Waals surface area contributed by atoms with Crippen LogP contribution < -0.4 is 0 Å². The van der Waals surface area contributed by atoms with Gasteiger partial charge < -0.3 is 5.11 Å². The van der Waals surface area contributed by atoms with E-state index in [1.807, 2.05) is 30.3 Å². The first-order valence-corrected chi connectivity index (χ1v) is 10.7. The van der Waals surface area contributed by atoms with Gasteiger partial charge in [0.05, 0.1) is 6.61 Å². The number of carbonyl (C=O) groups excluding carboxylic acids is 3. The minimum absolute atomic E-state index is 0.0335. The molecule has 2 aromatic carbocycles. The molecule has 27 heavy (non-hydrogen) atoms. The lowest BCUT2D eigenvalue weighted by atomic mass is 10.1. The van der Waals surface area contributed by atoms with Gasteiger partial charge in [0.1, 0.15) is 17.9 Å². The van der Waals surface area contributed by atoms with E-state index in [-0.39, 0.29) is 18.2 Å². The van der Waals surface area contributed by atoms with E-state index in [0.29, 0.717) is 18.4 Å². The summed E-state index contributed by atoms with van der Waals surface area (Å²) in [6, 6.07) is 14.5. The van der Waals surface area contributed by atoms with Crippen LogP contribution in [0.5, 0.6) is 0 Å². The summed E-state index contributed by atoms with van der Waals surface area (Å²) in [4.78, 5) is 31.8. The molecule has 2 aromatic rings. The number of Topliss-reactive ketones (excluding diaryl/α,β-unsaturated/α-hetero) is 2. The van der Waals surface area contributed by atoms with Crippen molar-refractivity contribution in [1.29, 1.82) is 0 Å². The van der Waals surface area contributed by atoms with E-state index < -0.39 is 0 Å². The zero-order valence-corrected chi connectivity index (χ0v) is 17.5. The number of aldehydes is 1. The lowest BCUT2D eigenvalue weighted by molar-refractivity contribution is -0.117. The standard InChI is InChI=1S/C10H12O2.C10H10O2.C2H7P/c2*1-8(12)5-9-3-2-4-10(6-9)7-11;1-3-2/h2-4,6,11H,5,7H2,1H3;2-4,6-7H,5H2,1H3;3H,1-2H3. The number of ketones is 2. The minimum atomic E-state index is 0.0335. The summed E-state index contributed by atoms with van der Waals surface area (Å²) in [6.45, 7) is 7.44. The van der Waals surface area contributed by atoms with Gasteiger partial charge in [0, 0.05) is 18.4 Å². The summed E-state index contributed by atoms with van der Waals surface area (Å²) in [5.74, 6) is 0.253. The first-order chi connectivity index (χ1) is 12.9. The Hall–Kier alpha value is -2.16. The van der Waals surface area contributed by atoms with E-state index in [4.69, 9.17) is 5.11 Å². The Bertz CT molecular complexity index is 726. The molecular formula is C22H29O4P. The van der Waals surface area contributed by atoms with Gasteiger partial charge in [-0.3, -0.25) is 14.4 Å². The fourth-order valence-electron chi connectivity index (χ4n) is 2.19. The van der Waals surface area contributed by atoms with E-state index in [0.717, 1.165) is 31.6 Å². The van der Waals surface area contributed by atoms with Gasteiger partial charge in [-0.15, -0.1) is 8.58 Å². The van der Waals surface area contributed by atoms with Gasteiger partial charge in [0.2, 0.25) is 0 Å². The molecule has 146 valence electrons. The van der Waals surface area contributed by atoms with Crippen LogP contribution in [0.3, 0.4) is 0 Å². The van der Waals surface area contributed by atoms with Gasteiger partial charge in [-0.25, -0.2) is 0 Å². The topological polar surface area (TPSA) is 71.4 Å². The molecule has 5 heteroatoms. The summed E-state index contributed by atoms with van der Waals surface area (Å²) >= 11 is 0. The van der Waals surface area contributed by atoms with E-state index in [9.17, 15) is 14.4 Å². The third-order valence-corrected chi connectivity index (χ3v) is 3.17. The second-order valence-electron chi connectivity index (χ2n) is 6.10. The van der Waals surface area contributed by atoms with E-state index in [1.54, 1.807) is 25.1 Å². The van der Waals surface area contributed by atoms with Gasteiger partial charge in [-0.05, 0) is 49.9 Å². The van der Waals surface area contributed by atoms with Gasteiger partial charge in [-0.1, -0.05) is 42.5 Å². The summed E-state index contributed by atoms with van der Waals surface area (Å²) in [5.41, 5.74) is 3.34. The molecule has 0 saturated carbocycles. The predicted octanol–water partition coefficient (Wildman–Crippen LogP) is 3.87. The molecule has 0 aromatic heterocycles. The van der Waals surface area contributed by atoms with Gasteiger partial charge in [0.15, 0.2) is 0 Å².